The minimum Gasteiger partial charge on any atom is -0.462 e. The molecule has 0 spiro atoms. The molecule has 0 aromatic heterocycles. The third-order valence-corrected chi connectivity index (χ3v) is 4.15. The Hall–Kier alpha value is -2.19. The highest BCUT2D eigenvalue weighted by Gasteiger charge is 2.10. The van der Waals surface area contributed by atoms with Crippen molar-refractivity contribution in [1.29, 1.82) is 0 Å². The van der Waals surface area contributed by atoms with Gasteiger partial charge in [0.15, 0.2) is 0 Å². The molecule has 1 aromatic carbocycles. The van der Waals surface area contributed by atoms with Crippen molar-refractivity contribution in [1.82, 2.24) is 4.72 Å². The topological polar surface area (TPSA) is 98.8 Å². The highest BCUT2D eigenvalue weighted by Crippen LogP contribution is 2.03. The van der Waals surface area contributed by atoms with Crippen LogP contribution in [0.4, 0.5) is 0 Å². The summed E-state index contributed by atoms with van der Waals surface area (Å²) in [6.45, 7) is 3.59. The molecular weight excluding hydrogens is 346 g/mol. The van der Waals surface area contributed by atoms with Crippen molar-refractivity contribution in [2.45, 2.75) is 32.1 Å². The second kappa shape index (κ2) is 10.6. The summed E-state index contributed by atoms with van der Waals surface area (Å²) in [5.74, 6) is -1.41. The van der Waals surface area contributed by atoms with Gasteiger partial charge < -0.3 is 9.47 Å². The zero-order valence-electron chi connectivity index (χ0n) is 14.3. The molecule has 8 heteroatoms. The zero-order chi connectivity index (χ0) is 18.7. The number of hydrogen-bond donors (Lipinski definition) is 1. The van der Waals surface area contributed by atoms with Crippen LogP contribution in [0.15, 0.2) is 42.5 Å². The molecule has 0 fully saturated rings. The average Bonchev–Trinajstić information content (AvgIpc) is 2.52. The molecule has 0 amide bonds. The van der Waals surface area contributed by atoms with Crippen LogP contribution in [0.5, 0.6) is 0 Å². The van der Waals surface area contributed by atoms with Gasteiger partial charge in [-0.05, 0) is 25.8 Å². The Kier molecular flexibility index (Phi) is 8.87. The predicted molar refractivity (Wildman–Crippen MR) is 93.0 cm³/mol. The third-order valence-electron chi connectivity index (χ3n) is 2.79. The van der Waals surface area contributed by atoms with E-state index in [2.05, 4.69) is 4.72 Å². The molecule has 0 atom stereocenters. The van der Waals surface area contributed by atoms with Crippen LogP contribution in [0.2, 0.25) is 0 Å². The smallest absolute Gasteiger partial charge is 0.331 e. The Morgan fingerprint density at radius 1 is 1.12 bits per heavy atom. The van der Waals surface area contributed by atoms with E-state index >= 15 is 0 Å². The number of carbonyl (C=O) groups excluding carboxylic acids is 2. The molecule has 0 aliphatic heterocycles. The van der Waals surface area contributed by atoms with E-state index < -0.39 is 22.0 Å². The first-order valence-electron chi connectivity index (χ1n) is 7.85. The quantitative estimate of drug-likeness (QED) is 0.382. The van der Waals surface area contributed by atoms with E-state index in [-0.39, 0.29) is 25.0 Å². The molecule has 25 heavy (non-hydrogen) atoms. The summed E-state index contributed by atoms with van der Waals surface area (Å²) in [5.41, 5.74) is 0.694. The number of hydrogen-bond acceptors (Lipinski definition) is 6. The SMILES string of the molecule is CC(C)OC(=O)/C=C/C(=O)OCCCNS(=O)(=O)Cc1ccccc1. The van der Waals surface area contributed by atoms with E-state index in [1.54, 1.807) is 38.1 Å². The minimum atomic E-state index is -3.43. The van der Waals surface area contributed by atoms with Gasteiger partial charge in [0.2, 0.25) is 10.0 Å². The van der Waals surface area contributed by atoms with E-state index in [1.165, 1.54) is 0 Å². The number of ether oxygens (including phenoxy) is 2. The fraction of sp³-hybridized carbons (Fsp3) is 0.412. The van der Waals surface area contributed by atoms with Gasteiger partial charge in [-0.25, -0.2) is 22.7 Å². The number of carbonyl (C=O) groups is 2. The van der Waals surface area contributed by atoms with Gasteiger partial charge in [0, 0.05) is 18.7 Å². The minimum absolute atomic E-state index is 0.0380. The van der Waals surface area contributed by atoms with Crippen molar-refractivity contribution in [3.8, 4) is 0 Å². The van der Waals surface area contributed by atoms with Crippen LogP contribution in [0.25, 0.3) is 0 Å². The molecule has 0 aliphatic carbocycles. The molecule has 138 valence electrons. The van der Waals surface area contributed by atoms with E-state index in [0.29, 0.717) is 12.0 Å². The first-order valence-corrected chi connectivity index (χ1v) is 9.50. The van der Waals surface area contributed by atoms with Gasteiger partial charge in [-0.2, -0.15) is 0 Å². The lowest BCUT2D eigenvalue weighted by atomic mass is 10.2. The second-order valence-corrected chi connectivity index (χ2v) is 7.29. The molecule has 1 N–H and O–H groups in total. The number of nitrogens with one attached hydrogen (secondary N) is 1. The van der Waals surface area contributed by atoms with Crippen molar-refractivity contribution in [3.63, 3.8) is 0 Å². The van der Waals surface area contributed by atoms with Crippen LogP contribution >= 0.6 is 0 Å². The first-order chi connectivity index (χ1) is 11.8. The van der Waals surface area contributed by atoms with Crippen LogP contribution in [0.3, 0.4) is 0 Å². The number of rotatable bonds is 10. The maximum atomic E-state index is 11.9. The summed E-state index contributed by atoms with van der Waals surface area (Å²) in [6.07, 6.45) is 2.02. The zero-order valence-corrected chi connectivity index (χ0v) is 15.1. The van der Waals surface area contributed by atoms with Gasteiger partial charge >= 0.3 is 11.9 Å². The molecule has 7 nitrogen and oxygen atoms in total. The van der Waals surface area contributed by atoms with E-state index in [4.69, 9.17) is 9.47 Å². The number of esters is 2. The molecular formula is C17H23NO6S. The Balaban J connectivity index is 2.21. The number of sulfonamides is 1. The number of benzene rings is 1. The van der Waals surface area contributed by atoms with Crippen LogP contribution in [0.1, 0.15) is 25.8 Å². The Bertz CT molecular complexity index is 682. The fourth-order valence-electron chi connectivity index (χ4n) is 1.77. The molecule has 0 aliphatic rings. The highest BCUT2D eigenvalue weighted by atomic mass is 32.2. The standard InChI is InChI=1S/C17H23NO6S/c1-14(2)24-17(20)10-9-16(19)23-12-6-11-18-25(21,22)13-15-7-4-3-5-8-15/h3-5,7-10,14,18H,6,11-13H2,1-2H3/b10-9+. The maximum Gasteiger partial charge on any atom is 0.331 e. The van der Waals surface area contributed by atoms with Crippen LogP contribution < -0.4 is 4.72 Å². The third kappa shape index (κ3) is 10.3. The summed E-state index contributed by atoms with van der Waals surface area (Å²) in [6, 6.07) is 8.83. The lowest BCUT2D eigenvalue weighted by Gasteiger charge is -2.07. The van der Waals surface area contributed by atoms with Gasteiger partial charge in [0.25, 0.3) is 0 Å². The maximum absolute atomic E-state index is 11.9. The Labute approximate surface area is 148 Å². The van der Waals surface area contributed by atoms with Crippen LogP contribution in [-0.2, 0) is 34.8 Å². The predicted octanol–water partition coefficient (Wildman–Crippen LogP) is 1.55. The molecule has 0 bridgehead atoms. The van der Waals surface area contributed by atoms with Crippen molar-refractivity contribution in [3.05, 3.63) is 48.0 Å². The van der Waals surface area contributed by atoms with Gasteiger partial charge in [0.1, 0.15) is 0 Å². The van der Waals surface area contributed by atoms with Gasteiger partial charge in [-0.15, -0.1) is 0 Å². The summed E-state index contributed by atoms with van der Waals surface area (Å²) >= 11 is 0. The summed E-state index contributed by atoms with van der Waals surface area (Å²) in [5, 5.41) is 0. The molecule has 0 saturated carbocycles. The fourth-order valence-corrected chi connectivity index (χ4v) is 2.96. The van der Waals surface area contributed by atoms with Crippen molar-refractivity contribution in [2.75, 3.05) is 13.2 Å². The first kappa shape index (κ1) is 20.9. The lowest BCUT2D eigenvalue weighted by molar-refractivity contribution is -0.142. The molecule has 0 unspecified atom stereocenters. The Morgan fingerprint density at radius 3 is 2.40 bits per heavy atom. The molecule has 0 saturated heterocycles. The van der Waals surface area contributed by atoms with Crippen molar-refractivity contribution >= 4 is 22.0 Å². The molecule has 0 heterocycles. The molecule has 0 radical (unpaired) electrons. The summed E-state index contributed by atoms with van der Waals surface area (Å²) in [7, 11) is -3.43. The van der Waals surface area contributed by atoms with Crippen molar-refractivity contribution < 1.29 is 27.5 Å². The van der Waals surface area contributed by atoms with E-state index in [0.717, 1.165) is 12.2 Å². The molecule has 1 rings (SSSR count). The monoisotopic (exact) mass is 369 g/mol. The van der Waals surface area contributed by atoms with Crippen LogP contribution in [-0.4, -0.2) is 39.6 Å². The lowest BCUT2D eigenvalue weighted by Crippen LogP contribution is -2.27. The van der Waals surface area contributed by atoms with Crippen LogP contribution in [0, 0.1) is 0 Å². The summed E-state index contributed by atoms with van der Waals surface area (Å²) < 4.78 is 35.9. The Morgan fingerprint density at radius 2 is 1.76 bits per heavy atom. The van der Waals surface area contributed by atoms with Gasteiger partial charge in [0.05, 0.1) is 18.5 Å². The molecule has 1 aromatic rings. The van der Waals surface area contributed by atoms with E-state index in [9.17, 15) is 18.0 Å². The average molecular weight is 369 g/mol. The van der Waals surface area contributed by atoms with Gasteiger partial charge in [-0.3, -0.25) is 0 Å². The van der Waals surface area contributed by atoms with Gasteiger partial charge in [-0.1, -0.05) is 30.3 Å². The normalized spacial score (nSPS) is 11.6. The van der Waals surface area contributed by atoms with Crippen molar-refractivity contribution in [2.24, 2.45) is 0 Å². The second-order valence-electron chi connectivity index (χ2n) is 5.48. The van der Waals surface area contributed by atoms with E-state index in [1.807, 2.05) is 6.07 Å². The largest absolute Gasteiger partial charge is 0.462 e. The highest BCUT2D eigenvalue weighted by molar-refractivity contribution is 7.88. The summed E-state index contributed by atoms with van der Waals surface area (Å²) in [4.78, 5) is 22.6.